The van der Waals surface area contributed by atoms with Crippen LogP contribution in [0.3, 0.4) is 0 Å². The van der Waals surface area contributed by atoms with Crippen molar-refractivity contribution in [2.75, 3.05) is 18.0 Å². The maximum Gasteiger partial charge on any atom is 0.101 e. The lowest BCUT2D eigenvalue weighted by Crippen LogP contribution is -2.37. The second-order valence-corrected chi connectivity index (χ2v) is 4.03. The topological polar surface area (TPSA) is 27.0 Å². The van der Waals surface area contributed by atoms with Crippen molar-refractivity contribution in [2.24, 2.45) is 0 Å². The van der Waals surface area contributed by atoms with Crippen LogP contribution in [0.15, 0.2) is 22.7 Å². The molecule has 0 radical (unpaired) electrons. The van der Waals surface area contributed by atoms with Crippen LogP contribution < -0.4 is 4.90 Å². The zero-order valence-electron chi connectivity index (χ0n) is 7.13. The standard InChI is InChI=1S/C10H9BrN2/c11-9-3-2-8(7-12)10(6-9)13-4-1-5-13/h2-3,6H,1,4-5H2. The van der Waals surface area contributed by atoms with Crippen molar-refractivity contribution in [3.05, 3.63) is 28.2 Å². The fourth-order valence-electron chi connectivity index (χ4n) is 1.42. The van der Waals surface area contributed by atoms with Crippen LogP contribution in [0.1, 0.15) is 12.0 Å². The average Bonchev–Trinajstić information content (AvgIpc) is 2.02. The Kier molecular flexibility index (Phi) is 2.24. The van der Waals surface area contributed by atoms with Gasteiger partial charge in [-0.25, -0.2) is 0 Å². The highest BCUT2D eigenvalue weighted by Crippen LogP contribution is 2.27. The first-order chi connectivity index (χ1) is 6.31. The summed E-state index contributed by atoms with van der Waals surface area (Å²) in [5.74, 6) is 0. The van der Waals surface area contributed by atoms with Crippen molar-refractivity contribution >= 4 is 21.6 Å². The molecule has 0 unspecified atom stereocenters. The maximum absolute atomic E-state index is 8.89. The summed E-state index contributed by atoms with van der Waals surface area (Å²) in [5.41, 5.74) is 1.83. The molecular formula is C10H9BrN2. The van der Waals surface area contributed by atoms with Gasteiger partial charge in [-0.1, -0.05) is 15.9 Å². The molecule has 66 valence electrons. The second-order valence-electron chi connectivity index (χ2n) is 3.11. The van der Waals surface area contributed by atoms with Crippen LogP contribution in [0.4, 0.5) is 5.69 Å². The minimum atomic E-state index is 0.767. The number of hydrogen-bond acceptors (Lipinski definition) is 2. The molecule has 1 aliphatic heterocycles. The molecule has 0 bridgehead atoms. The molecule has 1 saturated heterocycles. The SMILES string of the molecule is N#Cc1ccc(Br)cc1N1CCC1. The number of nitriles is 1. The van der Waals surface area contributed by atoms with Gasteiger partial charge < -0.3 is 4.90 Å². The first kappa shape index (κ1) is 8.58. The van der Waals surface area contributed by atoms with Crippen molar-refractivity contribution in [1.29, 1.82) is 5.26 Å². The Morgan fingerprint density at radius 2 is 2.15 bits per heavy atom. The van der Waals surface area contributed by atoms with Crippen LogP contribution in [0, 0.1) is 11.3 Å². The molecule has 0 N–H and O–H groups in total. The molecule has 1 heterocycles. The lowest BCUT2D eigenvalue weighted by atomic mass is 10.1. The summed E-state index contributed by atoms with van der Waals surface area (Å²) in [6.45, 7) is 2.15. The summed E-state index contributed by atoms with van der Waals surface area (Å²) in [6, 6.07) is 7.98. The molecule has 0 amide bonds. The van der Waals surface area contributed by atoms with Gasteiger partial charge in [-0.05, 0) is 24.6 Å². The van der Waals surface area contributed by atoms with E-state index in [1.54, 1.807) is 0 Å². The third-order valence-electron chi connectivity index (χ3n) is 2.28. The zero-order chi connectivity index (χ0) is 9.26. The molecule has 1 aromatic carbocycles. The number of nitrogens with zero attached hydrogens (tertiary/aromatic N) is 2. The molecule has 0 atom stereocenters. The number of rotatable bonds is 1. The molecule has 2 rings (SSSR count). The van der Waals surface area contributed by atoms with E-state index in [9.17, 15) is 0 Å². The lowest BCUT2D eigenvalue weighted by Gasteiger charge is -2.33. The molecule has 1 fully saturated rings. The van der Waals surface area contributed by atoms with Crippen molar-refractivity contribution < 1.29 is 0 Å². The smallest absolute Gasteiger partial charge is 0.101 e. The van der Waals surface area contributed by atoms with Crippen LogP contribution in [0.5, 0.6) is 0 Å². The fraction of sp³-hybridized carbons (Fsp3) is 0.300. The minimum absolute atomic E-state index is 0.767. The van der Waals surface area contributed by atoms with Gasteiger partial charge in [0.2, 0.25) is 0 Å². The highest BCUT2D eigenvalue weighted by atomic mass is 79.9. The Balaban J connectivity index is 2.41. The van der Waals surface area contributed by atoms with Crippen LogP contribution >= 0.6 is 15.9 Å². The van der Waals surface area contributed by atoms with E-state index in [0.717, 1.165) is 28.8 Å². The predicted molar refractivity (Wildman–Crippen MR) is 55.7 cm³/mol. The summed E-state index contributed by atoms with van der Waals surface area (Å²) in [5, 5.41) is 8.89. The van der Waals surface area contributed by atoms with Crippen molar-refractivity contribution in [3.8, 4) is 6.07 Å². The maximum atomic E-state index is 8.89. The van der Waals surface area contributed by atoms with E-state index in [1.165, 1.54) is 6.42 Å². The van der Waals surface area contributed by atoms with Crippen LogP contribution in [0.25, 0.3) is 0 Å². The van der Waals surface area contributed by atoms with Gasteiger partial charge in [0.15, 0.2) is 0 Å². The summed E-state index contributed by atoms with van der Waals surface area (Å²) < 4.78 is 1.04. The van der Waals surface area contributed by atoms with Crippen LogP contribution in [0.2, 0.25) is 0 Å². The summed E-state index contributed by atoms with van der Waals surface area (Å²) in [4.78, 5) is 2.23. The van der Waals surface area contributed by atoms with Gasteiger partial charge in [0.05, 0.1) is 11.3 Å². The Bertz CT molecular complexity index is 364. The van der Waals surface area contributed by atoms with Crippen LogP contribution in [-0.4, -0.2) is 13.1 Å². The molecule has 0 spiro atoms. The van der Waals surface area contributed by atoms with Gasteiger partial charge >= 0.3 is 0 Å². The van der Waals surface area contributed by atoms with Crippen molar-refractivity contribution in [3.63, 3.8) is 0 Å². The van der Waals surface area contributed by atoms with Gasteiger partial charge in [0, 0.05) is 17.6 Å². The van der Waals surface area contributed by atoms with Crippen LogP contribution in [-0.2, 0) is 0 Å². The van der Waals surface area contributed by atoms with Gasteiger partial charge in [-0.2, -0.15) is 5.26 Å². The minimum Gasteiger partial charge on any atom is -0.370 e. The largest absolute Gasteiger partial charge is 0.370 e. The molecule has 3 heteroatoms. The third kappa shape index (κ3) is 1.54. The Morgan fingerprint density at radius 1 is 1.38 bits per heavy atom. The number of benzene rings is 1. The molecule has 1 aromatic rings. The first-order valence-corrected chi connectivity index (χ1v) is 5.05. The summed E-state index contributed by atoms with van der Waals surface area (Å²) >= 11 is 3.41. The highest BCUT2D eigenvalue weighted by molar-refractivity contribution is 9.10. The highest BCUT2D eigenvalue weighted by Gasteiger charge is 2.17. The quantitative estimate of drug-likeness (QED) is 0.750. The van der Waals surface area contributed by atoms with Crippen molar-refractivity contribution in [2.45, 2.75) is 6.42 Å². The van der Waals surface area contributed by atoms with E-state index in [-0.39, 0.29) is 0 Å². The van der Waals surface area contributed by atoms with Gasteiger partial charge in [-0.3, -0.25) is 0 Å². The van der Waals surface area contributed by atoms with E-state index in [1.807, 2.05) is 18.2 Å². The van der Waals surface area contributed by atoms with E-state index >= 15 is 0 Å². The van der Waals surface area contributed by atoms with Gasteiger partial charge in [0.25, 0.3) is 0 Å². The average molecular weight is 237 g/mol. The predicted octanol–water partition coefficient (Wildman–Crippen LogP) is 2.53. The number of halogens is 1. The second kappa shape index (κ2) is 3.39. The monoisotopic (exact) mass is 236 g/mol. The van der Waals surface area contributed by atoms with E-state index in [2.05, 4.69) is 26.9 Å². The molecule has 1 aliphatic rings. The molecular weight excluding hydrogens is 228 g/mol. The summed E-state index contributed by atoms with van der Waals surface area (Å²) in [6.07, 6.45) is 1.23. The molecule has 13 heavy (non-hydrogen) atoms. The van der Waals surface area contributed by atoms with Gasteiger partial charge in [0.1, 0.15) is 6.07 Å². The number of hydrogen-bond donors (Lipinski definition) is 0. The van der Waals surface area contributed by atoms with E-state index in [4.69, 9.17) is 5.26 Å². The normalized spacial score (nSPS) is 14.9. The third-order valence-corrected chi connectivity index (χ3v) is 2.77. The number of anilines is 1. The van der Waals surface area contributed by atoms with E-state index in [0.29, 0.717) is 0 Å². The fourth-order valence-corrected chi connectivity index (χ4v) is 1.77. The summed E-state index contributed by atoms with van der Waals surface area (Å²) in [7, 11) is 0. The van der Waals surface area contributed by atoms with Crippen molar-refractivity contribution in [1.82, 2.24) is 0 Å². The van der Waals surface area contributed by atoms with Gasteiger partial charge in [-0.15, -0.1) is 0 Å². The molecule has 0 aliphatic carbocycles. The van der Waals surface area contributed by atoms with E-state index < -0.39 is 0 Å². The Morgan fingerprint density at radius 3 is 2.69 bits per heavy atom. The molecule has 0 aromatic heterocycles. The molecule has 0 saturated carbocycles. The lowest BCUT2D eigenvalue weighted by molar-refractivity contribution is 0.617. The first-order valence-electron chi connectivity index (χ1n) is 4.26. The molecule has 2 nitrogen and oxygen atoms in total. The zero-order valence-corrected chi connectivity index (χ0v) is 8.71. The Hall–Kier alpha value is -1.01. The Labute approximate surface area is 85.9 Å².